The lowest BCUT2D eigenvalue weighted by molar-refractivity contribution is -0.141. The van der Waals surface area contributed by atoms with Crippen molar-refractivity contribution in [2.45, 2.75) is 18.6 Å². The summed E-state index contributed by atoms with van der Waals surface area (Å²) in [5.41, 5.74) is 0.963. The highest BCUT2D eigenvalue weighted by Crippen LogP contribution is 2.23. The maximum Gasteiger partial charge on any atom is 0.326 e. The lowest BCUT2D eigenvalue weighted by atomic mass is 10.2. The molecule has 0 bridgehead atoms. The number of carboxylic acid groups (broad SMARTS) is 1. The smallest absolute Gasteiger partial charge is 0.326 e. The van der Waals surface area contributed by atoms with Crippen molar-refractivity contribution in [3.05, 3.63) is 42.2 Å². The number of aromatic nitrogens is 2. The number of amides is 1. The van der Waals surface area contributed by atoms with Gasteiger partial charge in [-0.15, -0.1) is 0 Å². The van der Waals surface area contributed by atoms with E-state index < -0.39 is 17.9 Å². The van der Waals surface area contributed by atoms with Crippen LogP contribution in [0, 0.1) is 0 Å². The molecule has 1 aromatic heterocycles. The van der Waals surface area contributed by atoms with Crippen molar-refractivity contribution in [3.63, 3.8) is 0 Å². The average molecular weight is 345 g/mol. The van der Waals surface area contributed by atoms with Crippen molar-refractivity contribution in [1.82, 2.24) is 14.7 Å². The van der Waals surface area contributed by atoms with Gasteiger partial charge in [0, 0.05) is 26.3 Å². The molecule has 3 rings (SSSR count). The topological polar surface area (TPSA) is 93.9 Å². The van der Waals surface area contributed by atoms with Crippen LogP contribution in [-0.2, 0) is 9.53 Å². The Morgan fingerprint density at radius 3 is 2.52 bits per heavy atom. The largest absolute Gasteiger partial charge is 0.497 e. The summed E-state index contributed by atoms with van der Waals surface area (Å²) in [5, 5.41) is 13.6. The summed E-state index contributed by atoms with van der Waals surface area (Å²) >= 11 is 0. The summed E-state index contributed by atoms with van der Waals surface area (Å²) in [6.07, 6.45) is 1.65. The number of ether oxygens (including phenoxy) is 2. The van der Waals surface area contributed by atoms with Crippen LogP contribution in [0.25, 0.3) is 5.69 Å². The number of hydrogen-bond donors (Lipinski definition) is 1. The van der Waals surface area contributed by atoms with Gasteiger partial charge in [-0.3, -0.25) is 4.79 Å². The highest BCUT2D eigenvalue weighted by molar-refractivity contribution is 5.95. The number of carboxylic acids is 1. The van der Waals surface area contributed by atoms with E-state index in [0.29, 0.717) is 0 Å². The Kier molecular flexibility index (Phi) is 4.71. The summed E-state index contributed by atoms with van der Waals surface area (Å²) in [6.45, 7) is 0.238. The molecule has 0 saturated carbocycles. The first kappa shape index (κ1) is 17.0. The number of nitrogens with zero attached hydrogens (tertiary/aromatic N) is 3. The van der Waals surface area contributed by atoms with Crippen LogP contribution in [0.2, 0.25) is 0 Å². The molecule has 1 aromatic carbocycles. The fourth-order valence-corrected chi connectivity index (χ4v) is 2.89. The van der Waals surface area contributed by atoms with Gasteiger partial charge in [-0.25, -0.2) is 9.48 Å². The molecular weight excluding hydrogens is 326 g/mol. The second-order valence-electron chi connectivity index (χ2n) is 5.75. The molecule has 8 heteroatoms. The number of likely N-dealkylation sites (tertiary alicyclic amines) is 1. The number of benzene rings is 1. The quantitative estimate of drug-likeness (QED) is 0.875. The van der Waals surface area contributed by atoms with Gasteiger partial charge >= 0.3 is 5.97 Å². The minimum Gasteiger partial charge on any atom is -0.497 e. The van der Waals surface area contributed by atoms with Gasteiger partial charge in [-0.2, -0.15) is 5.10 Å². The van der Waals surface area contributed by atoms with Gasteiger partial charge in [-0.1, -0.05) is 0 Å². The highest BCUT2D eigenvalue weighted by Gasteiger charge is 2.40. The third kappa shape index (κ3) is 3.34. The third-order valence-corrected chi connectivity index (χ3v) is 4.29. The van der Waals surface area contributed by atoms with Crippen LogP contribution in [0.1, 0.15) is 16.9 Å². The Bertz CT molecular complexity index is 771. The molecule has 132 valence electrons. The Morgan fingerprint density at radius 2 is 1.92 bits per heavy atom. The van der Waals surface area contributed by atoms with E-state index in [4.69, 9.17) is 9.47 Å². The second kappa shape index (κ2) is 6.94. The van der Waals surface area contributed by atoms with Crippen LogP contribution in [0.5, 0.6) is 5.75 Å². The number of methoxy groups -OCH3 is 2. The lowest BCUT2D eigenvalue weighted by Crippen LogP contribution is -2.40. The molecule has 1 amide bonds. The third-order valence-electron chi connectivity index (χ3n) is 4.29. The molecule has 2 atom stereocenters. The average Bonchev–Trinajstić information content (AvgIpc) is 3.28. The van der Waals surface area contributed by atoms with E-state index in [9.17, 15) is 14.7 Å². The molecule has 0 spiro atoms. The van der Waals surface area contributed by atoms with E-state index in [-0.39, 0.29) is 24.8 Å². The van der Waals surface area contributed by atoms with Crippen LogP contribution < -0.4 is 4.74 Å². The van der Waals surface area contributed by atoms with E-state index in [1.54, 1.807) is 36.2 Å². The van der Waals surface area contributed by atoms with Gasteiger partial charge in [0.15, 0.2) is 5.69 Å². The number of aliphatic carboxylic acids is 1. The summed E-state index contributed by atoms with van der Waals surface area (Å²) in [6, 6.07) is 7.90. The zero-order valence-electron chi connectivity index (χ0n) is 14.0. The standard InChI is InChI=1S/C17H19N3O5/c1-24-12-5-3-11(4-6-12)20-8-7-14(18-20)16(21)19-10-13(25-2)9-15(19)17(22)23/h3-8,13,15H,9-10H2,1-2H3,(H,22,23). The van der Waals surface area contributed by atoms with E-state index >= 15 is 0 Å². The monoisotopic (exact) mass is 345 g/mol. The Labute approximate surface area is 144 Å². The molecule has 2 heterocycles. The molecule has 2 unspecified atom stereocenters. The fraction of sp³-hybridized carbons (Fsp3) is 0.353. The van der Waals surface area contributed by atoms with E-state index in [2.05, 4.69) is 5.10 Å². The number of rotatable bonds is 5. The van der Waals surface area contributed by atoms with E-state index in [1.165, 1.54) is 12.0 Å². The first-order valence-electron chi connectivity index (χ1n) is 7.80. The van der Waals surface area contributed by atoms with Crippen LogP contribution >= 0.6 is 0 Å². The molecule has 2 aromatic rings. The van der Waals surface area contributed by atoms with Crippen LogP contribution in [-0.4, -0.2) is 64.6 Å². The van der Waals surface area contributed by atoms with Crippen molar-refractivity contribution >= 4 is 11.9 Å². The van der Waals surface area contributed by atoms with Crippen molar-refractivity contribution in [2.75, 3.05) is 20.8 Å². The minimum atomic E-state index is -1.04. The van der Waals surface area contributed by atoms with Crippen molar-refractivity contribution < 1.29 is 24.2 Å². The first-order chi connectivity index (χ1) is 12.0. The molecule has 1 aliphatic heterocycles. The van der Waals surface area contributed by atoms with Gasteiger partial charge < -0.3 is 19.5 Å². The summed E-state index contributed by atoms with van der Waals surface area (Å²) in [4.78, 5) is 25.4. The maximum atomic E-state index is 12.7. The lowest BCUT2D eigenvalue weighted by Gasteiger charge is -2.19. The first-order valence-corrected chi connectivity index (χ1v) is 7.80. The van der Waals surface area contributed by atoms with Gasteiger partial charge in [0.05, 0.1) is 18.9 Å². The summed E-state index contributed by atoms with van der Waals surface area (Å²) in [7, 11) is 3.10. The van der Waals surface area contributed by atoms with Crippen LogP contribution in [0.4, 0.5) is 0 Å². The van der Waals surface area contributed by atoms with E-state index in [1.807, 2.05) is 12.1 Å². The van der Waals surface area contributed by atoms with Crippen molar-refractivity contribution in [2.24, 2.45) is 0 Å². The minimum absolute atomic E-state index is 0.193. The molecule has 8 nitrogen and oxygen atoms in total. The Morgan fingerprint density at radius 1 is 1.20 bits per heavy atom. The molecule has 1 N–H and O–H groups in total. The molecule has 0 radical (unpaired) electrons. The molecule has 0 aliphatic carbocycles. The van der Waals surface area contributed by atoms with Crippen molar-refractivity contribution in [3.8, 4) is 11.4 Å². The molecule has 25 heavy (non-hydrogen) atoms. The zero-order chi connectivity index (χ0) is 18.0. The number of carbonyl (C=O) groups is 2. The van der Waals surface area contributed by atoms with Crippen LogP contribution in [0.15, 0.2) is 36.5 Å². The van der Waals surface area contributed by atoms with Gasteiger partial charge in [0.1, 0.15) is 11.8 Å². The number of hydrogen-bond acceptors (Lipinski definition) is 5. The Hall–Kier alpha value is -2.87. The second-order valence-corrected chi connectivity index (χ2v) is 5.75. The zero-order valence-corrected chi connectivity index (χ0v) is 14.0. The summed E-state index contributed by atoms with van der Waals surface area (Å²) < 4.78 is 11.9. The molecule has 1 saturated heterocycles. The molecule has 1 fully saturated rings. The van der Waals surface area contributed by atoms with Crippen molar-refractivity contribution in [1.29, 1.82) is 0 Å². The predicted octanol–water partition coefficient (Wildman–Crippen LogP) is 1.19. The fourth-order valence-electron chi connectivity index (χ4n) is 2.89. The summed E-state index contributed by atoms with van der Waals surface area (Å²) in [5.74, 6) is -0.735. The highest BCUT2D eigenvalue weighted by atomic mass is 16.5. The van der Waals surface area contributed by atoms with Gasteiger partial charge in [0.25, 0.3) is 5.91 Å². The predicted molar refractivity (Wildman–Crippen MR) is 88.0 cm³/mol. The normalized spacial score (nSPS) is 19.8. The van der Waals surface area contributed by atoms with Gasteiger partial charge in [0.2, 0.25) is 0 Å². The molecule has 1 aliphatic rings. The number of carbonyl (C=O) groups excluding carboxylic acids is 1. The Balaban J connectivity index is 1.81. The maximum absolute atomic E-state index is 12.7. The SMILES string of the molecule is COc1ccc(-n2ccc(C(=O)N3CC(OC)CC3C(=O)O)n2)cc1. The van der Waals surface area contributed by atoms with E-state index in [0.717, 1.165) is 11.4 Å². The van der Waals surface area contributed by atoms with Gasteiger partial charge in [-0.05, 0) is 30.3 Å². The molecular formula is C17H19N3O5. The van der Waals surface area contributed by atoms with Crippen LogP contribution in [0.3, 0.4) is 0 Å².